The minimum absolute atomic E-state index is 0.0562. The summed E-state index contributed by atoms with van der Waals surface area (Å²) in [6, 6.07) is 8.74. The summed E-state index contributed by atoms with van der Waals surface area (Å²) in [5, 5.41) is 0.728. The van der Waals surface area contributed by atoms with Crippen molar-refractivity contribution in [2.45, 2.75) is 19.3 Å². The van der Waals surface area contributed by atoms with Crippen molar-refractivity contribution in [3.05, 3.63) is 46.3 Å². The van der Waals surface area contributed by atoms with Gasteiger partial charge in [-0.05, 0) is 31.4 Å². The first-order valence-corrected chi connectivity index (χ1v) is 8.74. The lowest BCUT2D eigenvalue weighted by Gasteiger charge is -2.22. The molecule has 6 heteroatoms. The van der Waals surface area contributed by atoms with Crippen molar-refractivity contribution >= 4 is 22.8 Å². The second-order valence-corrected chi connectivity index (χ2v) is 6.73. The third-order valence-corrected chi connectivity index (χ3v) is 4.89. The van der Waals surface area contributed by atoms with E-state index in [1.54, 1.807) is 23.1 Å². The minimum atomic E-state index is -0.612. The molecule has 0 N–H and O–H groups in total. The Bertz CT molecular complexity index is 884. The van der Waals surface area contributed by atoms with E-state index in [1.165, 1.54) is 0 Å². The van der Waals surface area contributed by atoms with Crippen LogP contribution in [0.15, 0.2) is 39.5 Å². The molecule has 1 aromatic heterocycles. The Hall–Kier alpha value is -2.63. The molecule has 0 bridgehead atoms. The Labute approximate surface area is 145 Å². The first-order chi connectivity index (χ1) is 12.1. The van der Waals surface area contributed by atoms with E-state index >= 15 is 0 Å². The van der Waals surface area contributed by atoms with Gasteiger partial charge in [0.2, 0.25) is 5.91 Å². The van der Waals surface area contributed by atoms with E-state index in [9.17, 15) is 14.4 Å². The molecule has 0 spiro atoms. The quantitative estimate of drug-likeness (QED) is 0.783. The highest BCUT2D eigenvalue weighted by Gasteiger charge is 2.34. The maximum atomic E-state index is 12.8. The van der Waals surface area contributed by atoms with E-state index in [0.717, 1.165) is 24.6 Å². The lowest BCUT2D eigenvalue weighted by atomic mass is 10.1. The molecule has 25 heavy (non-hydrogen) atoms. The molecule has 130 valence electrons. The fraction of sp³-hybridized carbons (Fsp3) is 0.421. The van der Waals surface area contributed by atoms with Gasteiger partial charge in [0.15, 0.2) is 0 Å². The van der Waals surface area contributed by atoms with Crippen molar-refractivity contribution < 1.29 is 14.0 Å². The number of amides is 2. The molecule has 1 saturated carbocycles. The number of carbonyl (C=O) groups excluding carboxylic acids is 2. The van der Waals surface area contributed by atoms with E-state index in [0.29, 0.717) is 31.8 Å². The number of benzene rings is 1. The predicted octanol–water partition coefficient (Wildman–Crippen LogP) is 1.88. The second kappa shape index (κ2) is 6.35. The Morgan fingerprint density at radius 3 is 2.52 bits per heavy atom. The monoisotopic (exact) mass is 340 g/mol. The number of para-hydroxylation sites is 1. The number of fused-ring (bicyclic) bond motifs is 1. The van der Waals surface area contributed by atoms with Crippen LogP contribution in [0, 0.1) is 5.92 Å². The summed E-state index contributed by atoms with van der Waals surface area (Å²) in [6.45, 7) is 2.19. The Kier molecular flexibility index (Phi) is 4.03. The standard InChI is InChI=1S/C19H20N2O4/c22-17(13-6-7-13)20-8-3-9-21(11-10-20)18(23)15-12-14-4-1-2-5-16(14)25-19(15)24/h1-2,4-5,12-13H,3,6-11H2. The lowest BCUT2D eigenvalue weighted by molar-refractivity contribution is -0.132. The highest BCUT2D eigenvalue weighted by molar-refractivity contribution is 5.96. The molecule has 0 atom stereocenters. The predicted molar refractivity (Wildman–Crippen MR) is 92.3 cm³/mol. The van der Waals surface area contributed by atoms with Gasteiger partial charge in [-0.25, -0.2) is 4.79 Å². The summed E-state index contributed by atoms with van der Waals surface area (Å²) in [5.41, 5.74) is -0.0827. The number of rotatable bonds is 2. The van der Waals surface area contributed by atoms with Gasteiger partial charge >= 0.3 is 5.63 Å². The first kappa shape index (κ1) is 15.9. The van der Waals surface area contributed by atoms with Gasteiger partial charge in [0.05, 0.1) is 0 Å². The van der Waals surface area contributed by atoms with E-state index in [4.69, 9.17) is 4.42 Å². The van der Waals surface area contributed by atoms with Crippen molar-refractivity contribution in [1.29, 1.82) is 0 Å². The van der Waals surface area contributed by atoms with Gasteiger partial charge < -0.3 is 14.2 Å². The van der Waals surface area contributed by atoms with Crippen molar-refractivity contribution in [3.63, 3.8) is 0 Å². The molecular weight excluding hydrogens is 320 g/mol. The third-order valence-electron chi connectivity index (χ3n) is 4.89. The van der Waals surface area contributed by atoms with Crippen LogP contribution in [-0.4, -0.2) is 47.8 Å². The molecule has 6 nitrogen and oxygen atoms in total. The zero-order valence-electron chi connectivity index (χ0n) is 13.9. The molecule has 2 amide bonds. The van der Waals surface area contributed by atoms with Crippen LogP contribution in [0.4, 0.5) is 0 Å². The molecule has 0 unspecified atom stereocenters. The van der Waals surface area contributed by atoms with Crippen molar-refractivity contribution in [2.24, 2.45) is 5.92 Å². The number of nitrogens with zero attached hydrogens (tertiary/aromatic N) is 2. The Balaban J connectivity index is 1.53. The van der Waals surface area contributed by atoms with Crippen LogP contribution in [0.3, 0.4) is 0 Å². The lowest BCUT2D eigenvalue weighted by Crippen LogP contribution is -2.39. The molecule has 1 aromatic carbocycles. The van der Waals surface area contributed by atoms with Crippen LogP contribution in [0.5, 0.6) is 0 Å². The molecule has 1 saturated heterocycles. The topological polar surface area (TPSA) is 70.8 Å². The summed E-state index contributed by atoms with van der Waals surface area (Å²) in [4.78, 5) is 40.7. The smallest absolute Gasteiger partial charge is 0.349 e. The number of carbonyl (C=O) groups is 2. The minimum Gasteiger partial charge on any atom is -0.422 e. The van der Waals surface area contributed by atoms with Gasteiger partial charge in [0, 0.05) is 37.5 Å². The Morgan fingerprint density at radius 1 is 1.00 bits per heavy atom. The molecule has 4 rings (SSSR count). The summed E-state index contributed by atoms with van der Waals surface area (Å²) in [5.74, 6) is 0.0783. The second-order valence-electron chi connectivity index (χ2n) is 6.73. The van der Waals surface area contributed by atoms with E-state index in [2.05, 4.69) is 0 Å². The van der Waals surface area contributed by atoms with Gasteiger partial charge in [-0.15, -0.1) is 0 Å². The summed E-state index contributed by atoms with van der Waals surface area (Å²) >= 11 is 0. The fourth-order valence-electron chi connectivity index (χ4n) is 3.31. The number of hydrogen-bond acceptors (Lipinski definition) is 4. The maximum Gasteiger partial charge on any atom is 0.349 e. The molecule has 2 fully saturated rings. The highest BCUT2D eigenvalue weighted by Crippen LogP contribution is 2.31. The number of hydrogen-bond donors (Lipinski definition) is 0. The van der Waals surface area contributed by atoms with Gasteiger partial charge in [0.1, 0.15) is 11.1 Å². The molecule has 0 radical (unpaired) electrons. The zero-order valence-corrected chi connectivity index (χ0v) is 13.9. The molecule has 2 aromatic rings. The average Bonchev–Trinajstić information content (AvgIpc) is 3.46. The van der Waals surface area contributed by atoms with Crippen LogP contribution in [0.25, 0.3) is 11.0 Å². The summed E-state index contributed by atoms with van der Waals surface area (Å²) < 4.78 is 5.27. The van der Waals surface area contributed by atoms with Crippen LogP contribution < -0.4 is 5.63 Å². The zero-order chi connectivity index (χ0) is 17.4. The Morgan fingerprint density at radius 2 is 1.72 bits per heavy atom. The van der Waals surface area contributed by atoms with Gasteiger partial charge in [-0.3, -0.25) is 9.59 Å². The van der Waals surface area contributed by atoms with E-state index in [1.807, 2.05) is 17.0 Å². The highest BCUT2D eigenvalue weighted by atomic mass is 16.4. The van der Waals surface area contributed by atoms with Crippen LogP contribution >= 0.6 is 0 Å². The largest absolute Gasteiger partial charge is 0.422 e. The fourth-order valence-corrected chi connectivity index (χ4v) is 3.31. The average molecular weight is 340 g/mol. The normalized spacial score (nSPS) is 18.2. The SMILES string of the molecule is O=C(c1cc2ccccc2oc1=O)N1CCCN(C(=O)C2CC2)CC1. The molecule has 2 aliphatic rings. The van der Waals surface area contributed by atoms with Gasteiger partial charge in [0.25, 0.3) is 5.91 Å². The third kappa shape index (κ3) is 3.16. The molecular formula is C19H20N2O4. The van der Waals surface area contributed by atoms with Crippen LogP contribution in [0.1, 0.15) is 29.6 Å². The van der Waals surface area contributed by atoms with Crippen molar-refractivity contribution in [1.82, 2.24) is 9.80 Å². The van der Waals surface area contributed by atoms with Gasteiger partial charge in [-0.1, -0.05) is 18.2 Å². The first-order valence-electron chi connectivity index (χ1n) is 8.74. The molecule has 2 heterocycles. The van der Waals surface area contributed by atoms with Crippen LogP contribution in [-0.2, 0) is 4.79 Å². The van der Waals surface area contributed by atoms with Crippen LogP contribution in [0.2, 0.25) is 0 Å². The molecule has 1 aliphatic heterocycles. The maximum absolute atomic E-state index is 12.8. The van der Waals surface area contributed by atoms with Crippen molar-refractivity contribution in [2.75, 3.05) is 26.2 Å². The van der Waals surface area contributed by atoms with Gasteiger partial charge in [-0.2, -0.15) is 0 Å². The summed E-state index contributed by atoms with van der Waals surface area (Å²) in [6.07, 6.45) is 2.69. The summed E-state index contributed by atoms with van der Waals surface area (Å²) in [7, 11) is 0. The van der Waals surface area contributed by atoms with E-state index in [-0.39, 0.29) is 23.3 Å². The molecule has 1 aliphatic carbocycles. The van der Waals surface area contributed by atoms with Crippen molar-refractivity contribution in [3.8, 4) is 0 Å². The van der Waals surface area contributed by atoms with E-state index < -0.39 is 5.63 Å².